The molecule has 1 heterocycles. The van der Waals surface area contributed by atoms with Gasteiger partial charge in [-0.05, 0) is 79.3 Å². The second-order valence-corrected chi connectivity index (χ2v) is 9.08. The van der Waals surface area contributed by atoms with E-state index in [4.69, 9.17) is 11.6 Å². The van der Waals surface area contributed by atoms with Gasteiger partial charge in [0.1, 0.15) is 0 Å². The summed E-state index contributed by atoms with van der Waals surface area (Å²) in [6.07, 6.45) is 6.63. The molecule has 158 valence electrons. The number of halogens is 1. The fourth-order valence-corrected chi connectivity index (χ4v) is 4.87. The third-order valence-corrected chi connectivity index (χ3v) is 6.67. The van der Waals surface area contributed by atoms with Crippen LogP contribution >= 0.6 is 11.6 Å². The van der Waals surface area contributed by atoms with Gasteiger partial charge in [-0.15, -0.1) is 0 Å². The third kappa shape index (κ3) is 5.42. The maximum absolute atomic E-state index is 12.4. The second kappa shape index (κ2) is 9.65. The average molecular weight is 425 g/mol. The molecule has 4 rings (SSSR count). The Morgan fingerprint density at radius 1 is 1.07 bits per heavy atom. The van der Waals surface area contributed by atoms with E-state index >= 15 is 0 Å². The zero-order chi connectivity index (χ0) is 20.9. The molecule has 1 aliphatic heterocycles. The second-order valence-electron chi connectivity index (χ2n) is 8.64. The first-order chi connectivity index (χ1) is 14.6. The zero-order valence-electron chi connectivity index (χ0n) is 17.3. The summed E-state index contributed by atoms with van der Waals surface area (Å²) in [5.74, 6) is 1.35. The van der Waals surface area contributed by atoms with Crippen LogP contribution in [0, 0.1) is 5.92 Å². The summed E-state index contributed by atoms with van der Waals surface area (Å²) in [5, 5.41) is 3.64. The fraction of sp³-hybridized carbons (Fsp3) is 0.440. The first-order valence-corrected chi connectivity index (χ1v) is 11.4. The number of nitrogens with one attached hydrogen (secondary N) is 1. The van der Waals surface area contributed by atoms with Gasteiger partial charge in [0.2, 0.25) is 11.8 Å². The van der Waals surface area contributed by atoms with Crippen molar-refractivity contribution in [3.63, 3.8) is 0 Å². The van der Waals surface area contributed by atoms with Crippen LogP contribution in [0.1, 0.15) is 62.0 Å². The van der Waals surface area contributed by atoms with E-state index in [1.165, 1.54) is 11.1 Å². The van der Waals surface area contributed by atoms with Crippen molar-refractivity contribution < 1.29 is 9.59 Å². The number of amides is 2. The summed E-state index contributed by atoms with van der Waals surface area (Å²) in [7, 11) is 0. The van der Waals surface area contributed by atoms with Crippen LogP contribution in [0.5, 0.6) is 0 Å². The van der Waals surface area contributed by atoms with Gasteiger partial charge in [-0.25, -0.2) is 0 Å². The Morgan fingerprint density at radius 3 is 2.53 bits per heavy atom. The van der Waals surface area contributed by atoms with Gasteiger partial charge < -0.3 is 10.2 Å². The molecule has 5 heteroatoms. The summed E-state index contributed by atoms with van der Waals surface area (Å²) < 4.78 is 0. The van der Waals surface area contributed by atoms with Gasteiger partial charge in [-0.1, -0.05) is 35.9 Å². The molecule has 2 aromatic carbocycles. The Balaban J connectivity index is 1.27. The molecule has 30 heavy (non-hydrogen) atoms. The first kappa shape index (κ1) is 20.9. The number of carbonyl (C=O) groups is 2. The number of hydrogen-bond donors (Lipinski definition) is 1. The largest absolute Gasteiger partial charge is 0.338 e. The van der Waals surface area contributed by atoms with E-state index in [1.54, 1.807) is 12.1 Å². The van der Waals surface area contributed by atoms with Crippen LogP contribution in [-0.4, -0.2) is 23.3 Å². The third-order valence-electron chi connectivity index (χ3n) is 6.42. The molecule has 0 spiro atoms. The highest BCUT2D eigenvalue weighted by atomic mass is 35.5. The summed E-state index contributed by atoms with van der Waals surface area (Å²) >= 11 is 5.90. The van der Waals surface area contributed by atoms with E-state index in [9.17, 15) is 9.59 Å². The van der Waals surface area contributed by atoms with Gasteiger partial charge in [0.25, 0.3) is 0 Å². The van der Waals surface area contributed by atoms with Gasteiger partial charge in [0.15, 0.2) is 0 Å². The Labute approximate surface area is 183 Å². The standard InChI is InChI=1S/C25H29ClN2O2/c26-22-10-12-23(13-11-22)27-24(29)16-18-6-8-20(9-7-18)21-4-1-3-19(15-21)17-28-14-2-5-25(28)30/h1,3-4,10-13,15,18,20H,2,5-9,14,16-17H2,(H,27,29)/t18-,20+. The van der Waals surface area contributed by atoms with Gasteiger partial charge in [-0.3, -0.25) is 9.59 Å². The lowest BCUT2D eigenvalue weighted by Crippen LogP contribution is -2.24. The van der Waals surface area contributed by atoms with Gasteiger partial charge >= 0.3 is 0 Å². The maximum atomic E-state index is 12.4. The molecule has 1 aliphatic carbocycles. The molecule has 1 saturated carbocycles. The Kier molecular flexibility index (Phi) is 6.73. The number of likely N-dealkylation sites (tertiary alicyclic amines) is 1. The number of carbonyl (C=O) groups excluding carboxylic acids is 2. The van der Waals surface area contributed by atoms with Crippen LogP contribution in [0.25, 0.3) is 0 Å². The summed E-state index contributed by atoms with van der Waals surface area (Å²) in [6, 6.07) is 16.0. The average Bonchev–Trinajstić information content (AvgIpc) is 3.15. The van der Waals surface area contributed by atoms with E-state index in [0.717, 1.165) is 50.9 Å². The van der Waals surface area contributed by atoms with Crippen LogP contribution in [0.15, 0.2) is 48.5 Å². The molecule has 0 aromatic heterocycles. The fourth-order valence-electron chi connectivity index (χ4n) is 4.74. The lowest BCUT2D eigenvalue weighted by Gasteiger charge is -2.29. The zero-order valence-corrected chi connectivity index (χ0v) is 18.0. The molecule has 0 bridgehead atoms. The molecule has 4 nitrogen and oxygen atoms in total. The Bertz CT molecular complexity index is 888. The van der Waals surface area contributed by atoms with E-state index in [0.29, 0.717) is 29.7 Å². The van der Waals surface area contributed by atoms with Crippen molar-refractivity contribution in [3.8, 4) is 0 Å². The van der Waals surface area contributed by atoms with E-state index in [1.807, 2.05) is 17.0 Å². The van der Waals surface area contributed by atoms with Crippen molar-refractivity contribution in [3.05, 3.63) is 64.7 Å². The van der Waals surface area contributed by atoms with Crippen molar-refractivity contribution in [2.45, 2.75) is 57.4 Å². The number of nitrogens with zero attached hydrogens (tertiary/aromatic N) is 1. The van der Waals surface area contributed by atoms with E-state index < -0.39 is 0 Å². The van der Waals surface area contributed by atoms with Crippen molar-refractivity contribution in [2.75, 3.05) is 11.9 Å². The van der Waals surface area contributed by atoms with Crippen molar-refractivity contribution in [1.29, 1.82) is 0 Å². The molecule has 0 unspecified atom stereocenters. The van der Waals surface area contributed by atoms with E-state index in [-0.39, 0.29) is 11.8 Å². The Morgan fingerprint density at radius 2 is 1.83 bits per heavy atom. The predicted octanol–water partition coefficient (Wildman–Crippen LogP) is 5.77. The van der Waals surface area contributed by atoms with E-state index in [2.05, 4.69) is 29.6 Å². The molecule has 0 atom stereocenters. The number of hydrogen-bond acceptors (Lipinski definition) is 2. The molecule has 1 saturated heterocycles. The normalized spacial score (nSPS) is 21.6. The topological polar surface area (TPSA) is 49.4 Å². The van der Waals surface area contributed by atoms with Crippen molar-refractivity contribution in [1.82, 2.24) is 4.90 Å². The highest BCUT2D eigenvalue weighted by molar-refractivity contribution is 6.30. The number of benzene rings is 2. The van der Waals surface area contributed by atoms with Crippen molar-refractivity contribution in [2.24, 2.45) is 5.92 Å². The van der Waals surface area contributed by atoms with Gasteiger partial charge in [0, 0.05) is 36.6 Å². The Hall–Kier alpha value is -2.33. The monoisotopic (exact) mass is 424 g/mol. The molecule has 0 radical (unpaired) electrons. The molecule has 2 amide bonds. The van der Waals surface area contributed by atoms with Crippen LogP contribution in [0.4, 0.5) is 5.69 Å². The predicted molar refractivity (Wildman–Crippen MR) is 120 cm³/mol. The molecule has 2 aliphatic rings. The van der Waals surface area contributed by atoms with Crippen LogP contribution in [0.3, 0.4) is 0 Å². The lowest BCUT2D eigenvalue weighted by molar-refractivity contribution is -0.128. The molecule has 2 aromatic rings. The molecule has 1 N–H and O–H groups in total. The van der Waals surface area contributed by atoms with Crippen LogP contribution in [-0.2, 0) is 16.1 Å². The summed E-state index contributed by atoms with van der Waals surface area (Å²) in [5.41, 5.74) is 3.40. The smallest absolute Gasteiger partial charge is 0.224 e. The minimum atomic E-state index is 0.0815. The molecular formula is C25H29ClN2O2. The molecule has 2 fully saturated rings. The maximum Gasteiger partial charge on any atom is 0.224 e. The first-order valence-electron chi connectivity index (χ1n) is 11.0. The van der Waals surface area contributed by atoms with Gasteiger partial charge in [0.05, 0.1) is 0 Å². The highest BCUT2D eigenvalue weighted by Gasteiger charge is 2.25. The van der Waals surface area contributed by atoms with Crippen LogP contribution in [0.2, 0.25) is 5.02 Å². The quantitative estimate of drug-likeness (QED) is 0.640. The lowest BCUT2D eigenvalue weighted by atomic mass is 9.77. The molecular weight excluding hydrogens is 396 g/mol. The SMILES string of the molecule is O=C(C[C@H]1CC[C@@H](c2cccc(CN3CCCC3=O)c2)CC1)Nc1ccc(Cl)cc1. The minimum absolute atomic E-state index is 0.0815. The summed E-state index contributed by atoms with van der Waals surface area (Å²) in [6.45, 7) is 1.61. The van der Waals surface area contributed by atoms with Crippen LogP contribution < -0.4 is 5.32 Å². The van der Waals surface area contributed by atoms with Gasteiger partial charge in [-0.2, -0.15) is 0 Å². The summed E-state index contributed by atoms with van der Waals surface area (Å²) in [4.78, 5) is 26.3. The highest BCUT2D eigenvalue weighted by Crippen LogP contribution is 2.37. The number of anilines is 1. The van der Waals surface area contributed by atoms with Crippen molar-refractivity contribution >= 4 is 29.1 Å². The number of rotatable bonds is 6. The minimum Gasteiger partial charge on any atom is -0.338 e.